The van der Waals surface area contributed by atoms with Crippen LogP contribution in [0.5, 0.6) is 0 Å². The minimum absolute atomic E-state index is 0.0122. The fourth-order valence-electron chi connectivity index (χ4n) is 3.83. The van der Waals surface area contributed by atoms with Gasteiger partial charge in [0.1, 0.15) is 17.7 Å². The van der Waals surface area contributed by atoms with Crippen molar-refractivity contribution < 1.29 is 4.79 Å². The molecule has 9 heteroatoms. The Morgan fingerprint density at radius 2 is 2.06 bits per heavy atom. The molecule has 0 saturated carbocycles. The monoisotopic (exact) mass is 433 g/mol. The van der Waals surface area contributed by atoms with Crippen LogP contribution >= 0.6 is 11.6 Å². The van der Waals surface area contributed by atoms with E-state index in [0.29, 0.717) is 29.4 Å². The number of piperazine rings is 1. The Hall–Kier alpha value is -3.52. The predicted molar refractivity (Wildman–Crippen MR) is 121 cm³/mol. The van der Waals surface area contributed by atoms with Gasteiger partial charge < -0.3 is 15.5 Å². The number of benzene rings is 1. The third kappa shape index (κ3) is 3.82. The molecule has 1 saturated heterocycles. The Morgan fingerprint density at radius 1 is 1.16 bits per heavy atom. The molecule has 1 aromatic carbocycles. The summed E-state index contributed by atoms with van der Waals surface area (Å²) in [5.41, 5.74) is 3.25. The van der Waals surface area contributed by atoms with Crippen LogP contribution in [-0.2, 0) is 4.79 Å². The average molecular weight is 434 g/mol. The van der Waals surface area contributed by atoms with E-state index in [-0.39, 0.29) is 18.5 Å². The Morgan fingerprint density at radius 3 is 2.94 bits per heavy atom. The number of nitrogens with one attached hydrogen (secondary N) is 2. The van der Waals surface area contributed by atoms with E-state index < -0.39 is 0 Å². The van der Waals surface area contributed by atoms with Gasteiger partial charge in [-0.2, -0.15) is 0 Å². The number of pyridine rings is 2. The van der Waals surface area contributed by atoms with Crippen molar-refractivity contribution in [2.45, 2.75) is 13.0 Å². The molecule has 8 nitrogen and oxygen atoms in total. The number of nitrogens with zero attached hydrogens (tertiary/aromatic N) is 5. The van der Waals surface area contributed by atoms with Crippen molar-refractivity contribution in [1.82, 2.24) is 25.3 Å². The van der Waals surface area contributed by atoms with E-state index in [1.807, 2.05) is 42.2 Å². The van der Waals surface area contributed by atoms with Gasteiger partial charge in [-0.1, -0.05) is 11.6 Å². The number of hydrogen-bond acceptors (Lipinski definition) is 7. The zero-order valence-electron chi connectivity index (χ0n) is 16.8. The third-order valence-corrected chi connectivity index (χ3v) is 5.57. The van der Waals surface area contributed by atoms with Gasteiger partial charge in [-0.25, -0.2) is 15.0 Å². The molecule has 0 aliphatic carbocycles. The van der Waals surface area contributed by atoms with Gasteiger partial charge in [0.25, 0.3) is 0 Å². The van der Waals surface area contributed by atoms with Crippen LogP contribution in [0.3, 0.4) is 0 Å². The number of carbonyl (C=O) groups excluding carboxylic acids is 1. The molecule has 1 aliphatic heterocycles. The second-order valence-corrected chi connectivity index (χ2v) is 7.91. The number of aromatic nitrogens is 4. The van der Waals surface area contributed by atoms with Gasteiger partial charge in [-0.05, 0) is 43.3 Å². The fourth-order valence-corrected chi connectivity index (χ4v) is 4.01. The number of amides is 1. The average Bonchev–Trinajstić information content (AvgIpc) is 2.78. The summed E-state index contributed by atoms with van der Waals surface area (Å²) < 4.78 is 0. The highest BCUT2D eigenvalue weighted by Gasteiger charge is 2.24. The second kappa shape index (κ2) is 7.96. The molecule has 2 N–H and O–H groups in total. The van der Waals surface area contributed by atoms with Gasteiger partial charge in [-0.15, -0.1) is 0 Å². The summed E-state index contributed by atoms with van der Waals surface area (Å²) in [4.78, 5) is 32.0. The van der Waals surface area contributed by atoms with Gasteiger partial charge in [0, 0.05) is 35.3 Å². The van der Waals surface area contributed by atoms with Gasteiger partial charge in [0.2, 0.25) is 5.91 Å². The smallest absolute Gasteiger partial charge is 0.239 e. The number of fused-ring (bicyclic) bond motifs is 2. The lowest BCUT2D eigenvalue weighted by molar-refractivity contribution is -0.120. The number of hydrogen-bond donors (Lipinski definition) is 2. The molecule has 0 spiro atoms. The summed E-state index contributed by atoms with van der Waals surface area (Å²) in [5, 5.41) is 7.91. The molecule has 1 unspecified atom stereocenters. The standard InChI is InChI=1S/C22H20ClN7O/c1-13(28-21-20-18(26-12-27-21)3-2-6-25-20)16-10-14-9-15(23)4-5-17(14)29-22(16)30-8-7-24-19(31)11-30/h2-6,9-10,12-13H,7-8,11H2,1H3,(H,24,31)(H,26,27,28). The van der Waals surface area contributed by atoms with Crippen molar-refractivity contribution in [2.75, 3.05) is 29.9 Å². The maximum absolute atomic E-state index is 12.0. The lowest BCUT2D eigenvalue weighted by atomic mass is 10.0. The summed E-state index contributed by atoms with van der Waals surface area (Å²) in [6.45, 7) is 3.58. The van der Waals surface area contributed by atoms with E-state index in [0.717, 1.165) is 27.8 Å². The topological polar surface area (TPSA) is 95.9 Å². The Balaban J connectivity index is 1.59. The van der Waals surface area contributed by atoms with Crippen molar-refractivity contribution in [2.24, 2.45) is 0 Å². The highest BCUT2D eigenvalue weighted by molar-refractivity contribution is 6.31. The minimum Gasteiger partial charge on any atom is -0.361 e. The van der Waals surface area contributed by atoms with Crippen LogP contribution in [0.15, 0.2) is 48.9 Å². The molecule has 1 aliphatic rings. The maximum Gasteiger partial charge on any atom is 0.239 e. The molecular formula is C22H20ClN7O. The van der Waals surface area contributed by atoms with Crippen molar-refractivity contribution in [3.8, 4) is 0 Å². The van der Waals surface area contributed by atoms with Gasteiger partial charge in [-0.3, -0.25) is 9.78 Å². The first-order valence-corrected chi connectivity index (χ1v) is 10.4. The van der Waals surface area contributed by atoms with E-state index in [1.165, 1.54) is 6.33 Å². The number of anilines is 2. The summed E-state index contributed by atoms with van der Waals surface area (Å²) >= 11 is 6.22. The quantitative estimate of drug-likeness (QED) is 0.509. The lowest BCUT2D eigenvalue weighted by Gasteiger charge is -2.31. The second-order valence-electron chi connectivity index (χ2n) is 7.47. The van der Waals surface area contributed by atoms with Crippen molar-refractivity contribution in [1.29, 1.82) is 0 Å². The largest absolute Gasteiger partial charge is 0.361 e. The first-order valence-electron chi connectivity index (χ1n) is 10.0. The molecule has 1 fully saturated rings. The molecule has 0 radical (unpaired) electrons. The van der Waals surface area contributed by atoms with E-state index in [1.54, 1.807) is 6.20 Å². The van der Waals surface area contributed by atoms with Crippen LogP contribution in [0.4, 0.5) is 11.6 Å². The van der Waals surface area contributed by atoms with Crippen LogP contribution in [0, 0.1) is 0 Å². The number of carbonyl (C=O) groups is 1. The molecule has 1 atom stereocenters. The van der Waals surface area contributed by atoms with E-state index in [4.69, 9.17) is 16.6 Å². The van der Waals surface area contributed by atoms with Gasteiger partial charge in [0.15, 0.2) is 5.82 Å². The van der Waals surface area contributed by atoms with Crippen molar-refractivity contribution in [3.05, 3.63) is 59.5 Å². The maximum atomic E-state index is 12.0. The molecule has 5 rings (SSSR count). The predicted octanol–water partition coefficient (Wildman–Crippen LogP) is 3.34. The minimum atomic E-state index is -0.157. The summed E-state index contributed by atoms with van der Waals surface area (Å²) in [5.74, 6) is 1.41. The Labute approximate surface area is 183 Å². The number of rotatable bonds is 4. The van der Waals surface area contributed by atoms with Crippen LogP contribution in [0.1, 0.15) is 18.5 Å². The van der Waals surface area contributed by atoms with Crippen LogP contribution in [-0.4, -0.2) is 45.5 Å². The Bertz CT molecular complexity index is 1290. The van der Waals surface area contributed by atoms with Crippen LogP contribution < -0.4 is 15.5 Å². The van der Waals surface area contributed by atoms with E-state index in [9.17, 15) is 4.79 Å². The first-order chi connectivity index (χ1) is 15.1. The van der Waals surface area contributed by atoms with Crippen molar-refractivity contribution >= 4 is 51.1 Å². The highest BCUT2D eigenvalue weighted by Crippen LogP contribution is 2.32. The summed E-state index contributed by atoms with van der Waals surface area (Å²) in [7, 11) is 0. The van der Waals surface area contributed by atoms with Gasteiger partial charge >= 0.3 is 0 Å². The van der Waals surface area contributed by atoms with Gasteiger partial charge in [0.05, 0.1) is 23.6 Å². The molecule has 31 heavy (non-hydrogen) atoms. The molecule has 156 valence electrons. The molecule has 0 bridgehead atoms. The lowest BCUT2D eigenvalue weighted by Crippen LogP contribution is -2.48. The fraction of sp³-hybridized carbons (Fsp3) is 0.227. The molecular weight excluding hydrogens is 414 g/mol. The zero-order valence-corrected chi connectivity index (χ0v) is 17.6. The molecule has 4 heterocycles. The van der Waals surface area contributed by atoms with Crippen LogP contribution in [0.25, 0.3) is 21.9 Å². The van der Waals surface area contributed by atoms with Crippen LogP contribution in [0.2, 0.25) is 5.02 Å². The SMILES string of the molecule is CC(Nc1ncnc2cccnc12)c1cc2cc(Cl)ccc2nc1N1CCNC(=O)C1. The third-order valence-electron chi connectivity index (χ3n) is 5.34. The Kier molecular flexibility index (Phi) is 4.99. The summed E-state index contributed by atoms with van der Waals surface area (Å²) in [6.07, 6.45) is 3.24. The molecule has 4 aromatic rings. The normalized spacial score (nSPS) is 15.2. The first kappa shape index (κ1) is 19.4. The van der Waals surface area contributed by atoms with E-state index >= 15 is 0 Å². The zero-order chi connectivity index (χ0) is 21.4. The summed E-state index contributed by atoms with van der Waals surface area (Å²) in [6, 6.07) is 11.3. The number of halogens is 1. The molecule has 1 amide bonds. The highest BCUT2D eigenvalue weighted by atomic mass is 35.5. The van der Waals surface area contributed by atoms with Crippen molar-refractivity contribution in [3.63, 3.8) is 0 Å². The van der Waals surface area contributed by atoms with E-state index in [2.05, 4.69) is 31.7 Å². The molecule has 3 aromatic heterocycles.